The first-order valence-corrected chi connectivity index (χ1v) is 7.67. The molecule has 0 spiro atoms. The summed E-state index contributed by atoms with van der Waals surface area (Å²) >= 11 is 0. The van der Waals surface area contributed by atoms with Gasteiger partial charge in [0.05, 0.1) is 13.3 Å². The zero-order valence-electron chi connectivity index (χ0n) is 12.8. The van der Waals surface area contributed by atoms with Crippen LogP contribution in [0.3, 0.4) is 0 Å². The summed E-state index contributed by atoms with van der Waals surface area (Å²) in [6.07, 6.45) is 5.34. The predicted molar refractivity (Wildman–Crippen MR) is 86.2 cm³/mol. The van der Waals surface area contributed by atoms with Gasteiger partial charge < -0.3 is 15.0 Å². The van der Waals surface area contributed by atoms with Gasteiger partial charge in [0, 0.05) is 25.2 Å². The molecule has 1 aromatic carbocycles. The number of nitrogens with one attached hydrogen (secondary N) is 1. The number of hydrogen-bond donors (Lipinski definition) is 1. The Morgan fingerprint density at radius 2 is 2.00 bits per heavy atom. The van der Waals surface area contributed by atoms with Crippen molar-refractivity contribution in [2.24, 2.45) is 0 Å². The highest BCUT2D eigenvalue weighted by molar-refractivity contribution is 5.42. The molecular formula is C16H21N5O. The quantitative estimate of drug-likeness (QED) is 0.915. The molecule has 2 heterocycles. The molecule has 116 valence electrons. The summed E-state index contributed by atoms with van der Waals surface area (Å²) in [5, 5.41) is 11.5. The van der Waals surface area contributed by atoms with Crippen molar-refractivity contribution in [2.75, 3.05) is 30.4 Å². The molecule has 1 saturated heterocycles. The Kier molecular flexibility index (Phi) is 4.68. The normalized spacial score (nSPS) is 14.7. The first kappa shape index (κ1) is 14.6. The van der Waals surface area contributed by atoms with E-state index in [2.05, 4.69) is 25.4 Å². The van der Waals surface area contributed by atoms with Gasteiger partial charge in [-0.3, -0.25) is 0 Å². The predicted octanol–water partition coefficient (Wildman–Crippen LogP) is 2.48. The Morgan fingerprint density at radius 1 is 1.18 bits per heavy atom. The minimum absolute atomic E-state index is 0.641. The SMILES string of the molecule is COc1ccccc1CNc1cnnc(N2CCCCC2)n1. The molecule has 6 nitrogen and oxygen atoms in total. The maximum atomic E-state index is 5.36. The second-order valence-corrected chi connectivity index (χ2v) is 5.35. The van der Waals surface area contributed by atoms with Crippen molar-refractivity contribution in [1.29, 1.82) is 0 Å². The summed E-state index contributed by atoms with van der Waals surface area (Å²) in [5.74, 6) is 2.32. The highest BCUT2D eigenvalue weighted by atomic mass is 16.5. The van der Waals surface area contributed by atoms with Gasteiger partial charge in [-0.05, 0) is 25.3 Å². The molecule has 1 aromatic heterocycles. The summed E-state index contributed by atoms with van der Waals surface area (Å²) in [7, 11) is 1.68. The molecule has 22 heavy (non-hydrogen) atoms. The maximum Gasteiger partial charge on any atom is 0.247 e. The molecule has 0 amide bonds. The molecule has 0 saturated carbocycles. The van der Waals surface area contributed by atoms with Crippen molar-refractivity contribution in [3.8, 4) is 5.75 Å². The first-order valence-electron chi connectivity index (χ1n) is 7.67. The van der Waals surface area contributed by atoms with Gasteiger partial charge in [0.25, 0.3) is 0 Å². The van der Waals surface area contributed by atoms with E-state index < -0.39 is 0 Å². The minimum Gasteiger partial charge on any atom is -0.496 e. The molecule has 1 fully saturated rings. The number of benzene rings is 1. The third-order valence-corrected chi connectivity index (χ3v) is 3.84. The van der Waals surface area contributed by atoms with Gasteiger partial charge in [0.1, 0.15) is 5.75 Å². The number of methoxy groups -OCH3 is 1. The third kappa shape index (κ3) is 3.44. The van der Waals surface area contributed by atoms with Crippen LogP contribution in [0.15, 0.2) is 30.5 Å². The van der Waals surface area contributed by atoms with Crippen molar-refractivity contribution in [1.82, 2.24) is 15.2 Å². The van der Waals surface area contributed by atoms with Gasteiger partial charge in [-0.2, -0.15) is 10.1 Å². The largest absolute Gasteiger partial charge is 0.496 e. The summed E-state index contributed by atoms with van der Waals surface area (Å²) in [5.41, 5.74) is 1.09. The molecule has 3 rings (SSSR count). The smallest absolute Gasteiger partial charge is 0.247 e. The fraction of sp³-hybridized carbons (Fsp3) is 0.438. The first-order chi connectivity index (χ1) is 10.9. The van der Waals surface area contributed by atoms with Crippen molar-refractivity contribution < 1.29 is 4.74 Å². The van der Waals surface area contributed by atoms with Crippen LogP contribution in [-0.4, -0.2) is 35.4 Å². The minimum atomic E-state index is 0.641. The topological polar surface area (TPSA) is 63.2 Å². The number of ether oxygens (including phenoxy) is 1. The second-order valence-electron chi connectivity index (χ2n) is 5.35. The van der Waals surface area contributed by atoms with Crippen molar-refractivity contribution in [3.63, 3.8) is 0 Å². The van der Waals surface area contributed by atoms with Gasteiger partial charge in [-0.25, -0.2) is 0 Å². The highest BCUT2D eigenvalue weighted by Gasteiger charge is 2.14. The van der Waals surface area contributed by atoms with Crippen molar-refractivity contribution in [2.45, 2.75) is 25.8 Å². The van der Waals surface area contributed by atoms with Crippen LogP contribution in [0.5, 0.6) is 5.75 Å². The molecule has 6 heteroatoms. The van der Waals surface area contributed by atoms with Crippen LogP contribution in [-0.2, 0) is 6.54 Å². The fourth-order valence-electron chi connectivity index (χ4n) is 2.64. The van der Waals surface area contributed by atoms with E-state index >= 15 is 0 Å². The number of rotatable bonds is 5. The Labute approximate surface area is 130 Å². The van der Waals surface area contributed by atoms with E-state index in [-0.39, 0.29) is 0 Å². The van der Waals surface area contributed by atoms with Crippen LogP contribution in [0.2, 0.25) is 0 Å². The molecular weight excluding hydrogens is 278 g/mol. The van der Waals surface area contributed by atoms with Crippen LogP contribution in [0.25, 0.3) is 0 Å². The lowest BCUT2D eigenvalue weighted by Crippen LogP contribution is -2.31. The monoisotopic (exact) mass is 299 g/mol. The summed E-state index contributed by atoms with van der Waals surface area (Å²) < 4.78 is 5.36. The lowest BCUT2D eigenvalue weighted by molar-refractivity contribution is 0.410. The van der Waals surface area contributed by atoms with Crippen LogP contribution in [0, 0.1) is 0 Å². The Bertz CT molecular complexity index is 613. The van der Waals surface area contributed by atoms with E-state index in [0.717, 1.165) is 30.2 Å². The fourth-order valence-corrected chi connectivity index (χ4v) is 2.64. The molecule has 0 aliphatic carbocycles. The van der Waals surface area contributed by atoms with E-state index in [1.165, 1.54) is 19.3 Å². The number of anilines is 2. The summed E-state index contributed by atoms with van der Waals surface area (Å²) in [6, 6.07) is 7.94. The van der Waals surface area contributed by atoms with E-state index in [1.54, 1.807) is 13.3 Å². The van der Waals surface area contributed by atoms with Gasteiger partial charge in [-0.15, -0.1) is 5.10 Å². The summed E-state index contributed by atoms with van der Waals surface area (Å²) in [4.78, 5) is 6.77. The van der Waals surface area contributed by atoms with Gasteiger partial charge in [0.2, 0.25) is 5.95 Å². The van der Waals surface area contributed by atoms with E-state index in [1.807, 2.05) is 24.3 Å². The molecule has 1 N–H and O–H groups in total. The van der Waals surface area contributed by atoms with Gasteiger partial charge in [0.15, 0.2) is 5.82 Å². The molecule has 1 aliphatic rings. The molecule has 0 radical (unpaired) electrons. The van der Waals surface area contributed by atoms with Crippen LogP contribution in [0.4, 0.5) is 11.8 Å². The molecule has 0 atom stereocenters. The number of nitrogens with zero attached hydrogens (tertiary/aromatic N) is 4. The zero-order valence-corrected chi connectivity index (χ0v) is 12.8. The average Bonchev–Trinajstić information content (AvgIpc) is 2.61. The zero-order chi connectivity index (χ0) is 15.2. The lowest BCUT2D eigenvalue weighted by Gasteiger charge is -2.26. The number of piperidine rings is 1. The van der Waals surface area contributed by atoms with Crippen LogP contribution in [0.1, 0.15) is 24.8 Å². The van der Waals surface area contributed by atoms with Crippen molar-refractivity contribution >= 4 is 11.8 Å². The molecule has 0 unspecified atom stereocenters. The van der Waals surface area contributed by atoms with Crippen LogP contribution < -0.4 is 15.0 Å². The average molecular weight is 299 g/mol. The Hall–Kier alpha value is -2.37. The standard InChI is InChI=1S/C16H21N5O/c1-22-14-8-4-3-7-13(14)11-17-15-12-18-20-16(19-15)21-9-5-2-6-10-21/h3-4,7-8,12H,2,5-6,9-11H2,1H3,(H,17,19,20). The number of aromatic nitrogens is 3. The van der Waals surface area contributed by atoms with Gasteiger partial charge >= 0.3 is 0 Å². The number of para-hydroxylation sites is 1. The highest BCUT2D eigenvalue weighted by Crippen LogP contribution is 2.19. The Balaban J connectivity index is 1.67. The summed E-state index contributed by atoms with van der Waals surface area (Å²) in [6.45, 7) is 2.66. The van der Waals surface area contributed by atoms with Crippen molar-refractivity contribution in [3.05, 3.63) is 36.0 Å². The Morgan fingerprint density at radius 3 is 2.82 bits per heavy atom. The van der Waals surface area contributed by atoms with E-state index in [0.29, 0.717) is 12.5 Å². The van der Waals surface area contributed by atoms with E-state index in [9.17, 15) is 0 Å². The second kappa shape index (κ2) is 7.06. The molecule has 0 bridgehead atoms. The van der Waals surface area contributed by atoms with E-state index in [4.69, 9.17) is 4.74 Å². The molecule has 1 aliphatic heterocycles. The lowest BCUT2D eigenvalue weighted by atomic mass is 10.1. The van der Waals surface area contributed by atoms with Crippen LogP contribution >= 0.6 is 0 Å². The number of hydrogen-bond acceptors (Lipinski definition) is 6. The third-order valence-electron chi connectivity index (χ3n) is 3.84. The maximum absolute atomic E-state index is 5.36. The molecule has 2 aromatic rings. The van der Waals surface area contributed by atoms with Gasteiger partial charge in [-0.1, -0.05) is 18.2 Å².